The molecule has 0 aliphatic rings. The Bertz CT molecular complexity index is 448. The van der Waals surface area contributed by atoms with Crippen molar-refractivity contribution in [2.45, 2.75) is 20.6 Å². The molecule has 0 unspecified atom stereocenters. The molecule has 96 valence electrons. The fourth-order valence-electron chi connectivity index (χ4n) is 0.995. The maximum Gasteiger partial charge on any atom is 0.330 e. The highest BCUT2D eigenvalue weighted by atomic mass is 16.5. The highest BCUT2D eigenvalue weighted by molar-refractivity contribution is 5.43. The zero-order valence-corrected chi connectivity index (χ0v) is 10.1. The van der Waals surface area contributed by atoms with E-state index in [-0.39, 0.29) is 19.9 Å². The lowest BCUT2D eigenvalue weighted by Crippen LogP contribution is -2.31. The lowest BCUT2D eigenvalue weighted by atomic mass is 10.3. The first-order valence-corrected chi connectivity index (χ1v) is 5.34. The number of aromatic nitrogens is 2. The van der Waals surface area contributed by atoms with Crippen LogP contribution >= 0.6 is 0 Å². The van der Waals surface area contributed by atoms with E-state index >= 15 is 0 Å². The summed E-state index contributed by atoms with van der Waals surface area (Å²) in [4.78, 5) is 24.5. The molecule has 17 heavy (non-hydrogen) atoms. The number of nitrogens with zero attached hydrogens (tertiary/aromatic N) is 1. The number of aliphatic hydroxyl groups excluding tert-OH is 1. The second-order valence-electron chi connectivity index (χ2n) is 2.78. The van der Waals surface area contributed by atoms with Gasteiger partial charge < -0.3 is 9.84 Å². The molecule has 0 radical (unpaired) electrons. The summed E-state index contributed by atoms with van der Waals surface area (Å²) in [5.41, 5.74) is -0.737. The summed E-state index contributed by atoms with van der Waals surface area (Å²) in [6.07, 6.45) is 2.70. The molecule has 0 spiro atoms. The SMILES string of the molecule is C=Cc1cn(COCCO)c(=O)[nH]c1=O.CC. The number of hydrogen-bond acceptors (Lipinski definition) is 4. The molecule has 0 amide bonds. The van der Waals surface area contributed by atoms with Crippen LogP contribution in [0.1, 0.15) is 19.4 Å². The van der Waals surface area contributed by atoms with Crippen LogP contribution in [0.3, 0.4) is 0 Å². The molecule has 0 aliphatic carbocycles. The van der Waals surface area contributed by atoms with Gasteiger partial charge in [0.15, 0.2) is 0 Å². The predicted molar refractivity (Wildman–Crippen MR) is 65.8 cm³/mol. The lowest BCUT2D eigenvalue weighted by Gasteiger charge is -2.05. The van der Waals surface area contributed by atoms with Crippen molar-refractivity contribution >= 4 is 6.08 Å². The largest absolute Gasteiger partial charge is 0.394 e. The topological polar surface area (TPSA) is 84.3 Å². The monoisotopic (exact) mass is 242 g/mol. The molecule has 6 nitrogen and oxygen atoms in total. The van der Waals surface area contributed by atoms with Crippen LogP contribution in [0.25, 0.3) is 6.08 Å². The molecular weight excluding hydrogens is 224 g/mol. The molecule has 0 atom stereocenters. The molecular formula is C11H18N2O4. The van der Waals surface area contributed by atoms with Crippen LogP contribution in [-0.4, -0.2) is 27.9 Å². The van der Waals surface area contributed by atoms with E-state index in [4.69, 9.17) is 9.84 Å². The Labute approximate surface area is 99.2 Å². The first-order valence-electron chi connectivity index (χ1n) is 5.34. The van der Waals surface area contributed by atoms with Gasteiger partial charge in [0, 0.05) is 6.20 Å². The van der Waals surface area contributed by atoms with Gasteiger partial charge in [0.25, 0.3) is 5.56 Å². The number of rotatable bonds is 5. The van der Waals surface area contributed by atoms with Crippen molar-refractivity contribution in [3.05, 3.63) is 39.2 Å². The normalized spacial score (nSPS) is 9.35. The summed E-state index contributed by atoms with van der Waals surface area (Å²) < 4.78 is 6.13. The molecule has 0 saturated carbocycles. The molecule has 0 bridgehead atoms. The van der Waals surface area contributed by atoms with Crippen LogP contribution in [0.2, 0.25) is 0 Å². The molecule has 2 N–H and O–H groups in total. The van der Waals surface area contributed by atoms with Crippen molar-refractivity contribution in [1.29, 1.82) is 0 Å². The van der Waals surface area contributed by atoms with E-state index in [1.165, 1.54) is 16.8 Å². The highest BCUT2D eigenvalue weighted by Crippen LogP contribution is 1.89. The molecule has 0 fully saturated rings. The van der Waals surface area contributed by atoms with E-state index in [0.29, 0.717) is 5.56 Å². The zero-order valence-electron chi connectivity index (χ0n) is 10.1. The van der Waals surface area contributed by atoms with Crippen LogP contribution in [0.15, 0.2) is 22.4 Å². The van der Waals surface area contributed by atoms with E-state index < -0.39 is 11.2 Å². The molecule has 0 aromatic carbocycles. The van der Waals surface area contributed by atoms with Crippen LogP contribution in [0.5, 0.6) is 0 Å². The van der Waals surface area contributed by atoms with Gasteiger partial charge in [-0.05, 0) is 0 Å². The van der Waals surface area contributed by atoms with Crippen molar-refractivity contribution < 1.29 is 9.84 Å². The van der Waals surface area contributed by atoms with Crippen molar-refractivity contribution in [2.75, 3.05) is 13.2 Å². The number of nitrogens with one attached hydrogen (secondary N) is 1. The predicted octanol–water partition coefficient (Wildman–Crippen LogP) is 0.172. The van der Waals surface area contributed by atoms with E-state index in [1.807, 2.05) is 13.8 Å². The third-order valence-electron chi connectivity index (χ3n) is 1.72. The Morgan fingerprint density at radius 2 is 2.18 bits per heavy atom. The second-order valence-corrected chi connectivity index (χ2v) is 2.78. The summed E-state index contributed by atoms with van der Waals surface area (Å²) in [7, 11) is 0. The first-order chi connectivity index (χ1) is 8.19. The summed E-state index contributed by atoms with van der Waals surface area (Å²) in [5, 5.41) is 8.47. The zero-order chi connectivity index (χ0) is 13.3. The van der Waals surface area contributed by atoms with Gasteiger partial charge in [-0.3, -0.25) is 14.3 Å². The van der Waals surface area contributed by atoms with Gasteiger partial charge in [0.1, 0.15) is 6.73 Å². The summed E-state index contributed by atoms with van der Waals surface area (Å²) in [6.45, 7) is 7.44. The standard InChI is InChI=1S/C9H12N2O4.C2H6/c1-2-7-5-11(6-15-4-3-12)9(14)10-8(7)13;1-2/h2,5,12H,1,3-4,6H2,(H,10,13,14);1-2H3. The van der Waals surface area contributed by atoms with Gasteiger partial charge in [-0.15, -0.1) is 0 Å². The van der Waals surface area contributed by atoms with Crippen molar-refractivity contribution in [3.8, 4) is 0 Å². The maximum atomic E-state index is 11.2. The van der Waals surface area contributed by atoms with E-state index in [1.54, 1.807) is 0 Å². The van der Waals surface area contributed by atoms with E-state index in [0.717, 1.165) is 0 Å². The Morgan fingerprint density at radius 3 is 2.71 bits per heavy atom. The minimum absolute atomic E-state index is 0.0169. The molecule has 0 aliphatic heterocycles. The Morgan fingerprint density at radius 1 is 1.53 bits per heavy atom. The van der Waals surface area contributed by atoms with Crippen molar-refractivity contribution in [2.24, 2.45) is 0 Å². The van der Waals surface area contributed by atoms with Crippen molar-refractivity contribution in [1.82, 2.24) is 9.55 Å². The van der Waals surface area contributed by atoms with Crippen molar-refractivity contribution in [3.63, 3.8) is 0 Å². The van der Waals surface area contributed by atoms with Gasteiger partial charge in [0.2, 0.25) is 0 Å². The minimum Gasteiger partial charge on any atom is -0.394 e. The molecule has 6 heteroatoms. The highest BCUT2D eigenvalue weighted by Gasteiger charge is 2.00. The average molecular weight is 242 g/mol. The van der Waals surface area contributed by atoms with Gasteiger partial charge in [0.05, 0.1) is 18.8 Å². The number of hydrogen-bond donors (Lipinski definition) is 2. The lowest BCUT2D eigenvalue weighted by molar-refractivity contribution is 0.0456. The van der Waals surface area contributed by atoms with Gasteiger partial charge in [-0.1, -0.05) is 26.5 Å². The Hall–Kier alpha value is -1.66. The van der Waals surface area contributed by atoms with E-state index in [2.05, 4.69) is 11.6 Å². The quantitative estimate of drug-likeness (QED) is 0.721. The first kappa shape index (κ1) is 15.3. The summed E-state index contributed by atoms with van der Waals surface area (Å²) >= 11 is 0. The number of ether oxygens (including phenoxy) is 1. The fourth-order valence-corrected chi connectivity index (χ4v) is 0.995. The smallest absolute Gasteiger partial charge is 0.330 e. The van der Waals surface area contributed by atoms with Crippen LogP contribution in [-0.2, 0) is 11.5 Å². The molecule has 1 aromatic rings. The van der Waals surface area contributed by atoms with Gasteiger partial charge in [-0.25, -0.2) is 4.79 Å². The number of H-pyrrole nitrogens is 1. The van der Waals surface area contributed by atoms with E-state index in [9.17, 15) is 9.59 Å². The van der Waals surface area contributed by atoms with Crippen LogP contribution in [0, 0.1) is 0 Å². The second kappa shape index (κ2) is 8.49. The van der Waals surface area contributed by atoms with Gasteiger partial charge in [-0.2, -0.15) is 0 Å². The summed E-state index contributed by atoms with van der Waals surface area (Å²) in [6, 6.07) is 0. The fraction of sp³-hybridized carbons (Fsp3) is 0.455. The third-order valence-corrected chi connectivity index (χ3v) is 1.72. The summed E-state index contributed by atoms with van der Waals surface area (Å²) in [5.74, 6) is 0. The number of aromatic amines is 1. The van der Waals surface area contributed by atoms with Crippen LogP contribution in [0.4, 0.5) is 0 Å². The van der Waals surface area contributed by atoms with Crippen LogP contribution < -0.4 is 11.2 Å². The molecule has 1 heterocycles. The molecule has 1 rings (SSSR count). The maximum absolute atomic E-state index is 11.2. The molecule has 0 saturated heterocycles. The third kappa shape index (κ3) is 4.80. The molecule has 1 aromatic heterocycles. The Balaban J connectivity index is 0.00000121. The minimum atomic E-state index is -0.552. The Kier molecular flexibility index (Phi) is 7.66. The average Bonchev–Trinajstić information content (AvgIpc) is 2.34. The number of aliphatic hydroxyl groups is 1. The van der Waals surface area contributed by atoms with Gasteiger partial charge >= 0.3 is 5.69 Å².